The van der Waals surface area contributed by atoms with Crippen LogP contribution in [0.25, 0.3) is 0 Å². The minimum Gasteiger partial charge on any atom is -0.466 e. The number of unbranched alkanes of at least 4 members (excludes halogenated alkanes) is 1. The number of nitrogens with one attached hydrogen (secondary N) is 1. The van der Waals surface area contributed by atoms with Crippen LogP contribution in [0.5, 0.6) is 0 Å². The molecule has 1 aliphatic rings. The SMILES string of the molecule is CCCCC(=O)Nc1ccc(C(=O)N2CCC[C@H](C(=O)OCC)C2)cc1. The lowest BCUT2D eigenvalue weighted by atomic mass is 9.97. The summed E-state index contributed by atoms with van der Waals surface area (Å²) in [6.07, 6.45) is 3.88. The highest BCUT2D eigenvalue weighted by atomic mass is 16.5. The fourth-order valence-electron chi connectivity index (χ4n) is 3.05. The van der Waals surface area contributed by atoms with Crippen LogP contribution in [0.15, 0.2) is 24.3 Å². The number of benzene rings is 1. The van der Waals surface area contributed by atoms with Gasteiger partial charge in [-0.3, -0.25) is 14.4 Å². The van der Waals surface area contributed by atoms with Crippen molar-refractivity contribution in [3.8, 4) is 0 Å². The highest BCUT2D eigenvalue weighted by molar-refractivity contribution is 5.96. The first kappa shape index (κ1) is 19.9. The van der Waals surface area contributed by atoms with Gasteiger partial charge in [0.15, 0.2) is 0 Å². The summed E-state index contributed by atoms with van der Waals surface area (Å²) in [5.41, 5.74) is 1.24. The van der Waals surface area contributed by atoms with Crippen molar-refractivity contribution in [1.29, 1.82) is 0 Å². The third kappa shape index (κ3) is 5.58. The van der Waals surface area contributed by atoms with Crippen molar-refractivity contribution in [1.82, 2.24) is 4.90 Å². The molecule has 1 aromatic rings. The molecule has 0 aliphatic carbocycles. The summed E-state index contributed by atoms with van der Waals surface area (Å²) in [7, 11) is 0. The lowest BCUT2D eigenvalue weighted by molar-refractivity contribution is -0.149. The molecular formula is C20H28N2O4. The maximum atomic E-state index is 12.7. The molecule has 1 fully saturated rings. The first-order chi connectivity index (χ1) is 12.5. The first-order valence-electron chi connectivity index (χ1n) is 9.41. The van der Waals surface area contributed by atoms with Gasteiger partial charge in [0.25, 0.3) is 5.91 Å². The lowest BCUT2D eigenvalue weighted by Crippen LogP contribution is -2.42. The lowest BCUT2D eigenvalue weighted by Gasteiger charge is -2.31. The number of nitrogens with zero attached hydrogens (tertiary/aromatic N) is 1. The maximum absolute atomic E-state index is 12.7. The summed E-state index contributed by atoms with van der Waals surface area (Å²) in [5, 5.41) is 2.83. The molecule has 6 heteroatoms. The number of carbonyl (C=O) groups is 3. The third-order valence-electron chi connectivity index (χ3n) is 4.50. The number of amides is 2. The van der Waals surface area contributed by atoms with E-state index in [4.69, 9.17) is 4.74 Å². The minimum absolute atomic E-state index is 0.0146. The van der Waals surface area contributed by atoms with Crippen molar-refractivity contribution in [3.63, 3.8) is 0 Å². The molecule has 0 bridgehead atoms. The van der Waals surface area contributed by atoms with Crippen LogP contribution in [0.4, 0.5) is 5.69 Å². The topological polar surface area (TPSA) is 75.7 Å². The molecule has 0 unspecified atom stereocenters. The van der Waals surface area contributed by atoms with Gasteiger partial charge in [0, 0.05) is 30.8 Å². The molecular weight excluding hydrogens is 332 g/mol. The molecule has 1 saturated heterocycles. The predicted octanol–water partition coefficient (Wildman–Crippen LogP) is 3.23. The monoisotopic (exact) mass is 360 g/mol. The molecule has 142 valence electrons. The summed E-state index contributed by atoms with van der Waals surface area (Å²) < 4.78 is 5.08. The van der Waals surface area contributed by atoms with Crippen LogP contribution in [0.2, 0.25) is 0 Å². The highest BCUT2D eigenvalue weighted by Gasteiger charge is 2.29. The Bertz CT molecular complexity index is 627. The van der Waals surface area contributed by atoms with Crippen molar-refractivity contribution in [2.75, 3.05) is 25.0 Å². The van der Waals surface area contributed by atoms with Crippen LogP contribution in [-0.4, -0.2) is 42.4 Å². The van der Waals surface area contributed by atoms with Crippen LogP contribution in [-0.2, 0) is 14.3 Å². The molecule has 2 rings (SSSR count). The summed E-state index contributed by atoms with van der Waals surface area (Å²) >= 11 is 0. The van der Waals surface area contributed by atoms with Crippen molar-refractivity contribution in [3.05, 3.63) is 29.8 Å². The van der Waals surface area contributed by atoms with Gasteiger partial charge in [-0.1, -0.05) is 13.3 Å². The van der Waals surface area contributed by atoms with E-state index in [0.29, 0.717) is 37.4 Å². The average molecular weight is 360 g/mol. The van der Waals surface area contributed by atoms with Crippen LogP contribution in [0.1, 0.15) is 56.3 Å². The summed E-state index contributed by atoms with van der Waals surface area (Å²) in [5.74, 6) is -0.581. The van der Waals surface area contributed by atoms with E-state index in [9.17, 15) is 14.4 Å². The molecule has 0 aromatic heterocycles. The smallest absolute Gasteiger partial charge is 0.310 e. The second-order valence-electron chi connectivity index (χ2n) is 6.57. The van der Waals surface area contributed by atoms with Crippen molar-refractivity contribution < 1.29 is 19.1 Å². The molecule has 1 heterocycles. The van der Waals surface area contributed by atoms with Crippen LogP contribution >= 0.6 is 0 Å². The zero-order valence-corrected chi connectivity index (χ0v) is 15.6. The Labute approximate surface area is 154 Å². The van der Waals surface area contributed by atoms with Crippen molar-refractivity contribution in [2.24, 2.45) is 5.92 Å². The second kappa shape index (κ2) is 9.94. The van der Waals surface area contributed by atoms with E-state index in [1.165, 1.54) is 0 Å². The van der Waals surface area contributed by atoms with E-state index in [1.54, 1.807) is 36.1 Å². The Kier molecular flexibility index (Phi) is 7.63. The Hall–Kier alpha value is -2.37. The van der Waals surface area contributed by atoms with E-state index in [1.807, 2.05) is 6.92 Å². The molecule has 1 aliphatic heterocycles. The number of rotatable bonds is 7. The van der Waals surface area contributed by atoms with E-state index >= 15 is 0 Å². The third-order valence-corrected chi connectivity index (χ3v) is 4.50. The molecule has 0 radical (unpaired) electrons. The van der Waals surface area contributed by atoms with Gasteiger partial charge in [0.1, 0.15) is 0 Å². The maximum Gasteiger partial charge on any atom is 0.310 e. The normalized spacial score (nSPS) is 16.8. The largest absolute Gasteiger partial charge is 0.466 e. The summed E-state index contributed by atoms with van der Waals surface area (Å²) in [6.45, 7) is 5.22. The van der Waals surface area contributed by atoms with E-state index in [2.05, 4.69) is 5.32 Å². The van der Waals surface area contributed by atoms with E-state index in [0.717, 1.165) is 25.7 Å². The Balaban J connectivity index is 1.94. The van der Waals surface area contributed by atoms with Gasteiger partial charge >= 0.3 is 5.97 Å². The molecule has 26 heavy (non-hydrogen) atoms. The van der Waals surface area contributed by atoms with Gasteiger partial charge in [-0.25, -0.2) is 0 Å². The molecule has 1 aromatic carbocycles. The van der Waals surface area contributed by atoms with Gasteiger partial charge in [0.2, 0.25) is 5.91 Å². The standard InChI is InChI=1S/C20H28N2O4/c1-3-5-8-18(23)21-17-11-9-15(10-12-17)19(24)22-13-6-7-16(14-22)20(25)26-4-2/h9-12,16H,3-8,13-14H2,1-2H3,(H,21,23)/t16-/m0/s1. The number of hydrogen-bond acceptors (Lipinski definition) is 4. The molecule has 2 amide bonds. The number of esters is 1. The van der Waals surface area contributed by atoms with Crippen LogP contribution in [0, 0.1) is 5.92 Å². The zero-order chi connectivity index (χ0) is 18.9. The summed E-state index contributed by atoms with van der Waals surface area (Å²) in [4.78, 5) is 38.1. The van der Waals surface area contributed by atoms with E-state index < -0.39 is 0 Å². The molecule has 6 nitrogen and oxygen atoms in total. The Morgan fingerprint density at radius 3 is 2.58 bits per heavy atom. The highest BCUT2D eigenvalue weighted by Crippen LogP contribution is 2.20. The molecule has 0 saturated carbocycles. The molecule has 1 atom stereocenters. The van der Waals surface area contributed by atoms with Gasteiger partial charge in [-0.15, -0.1) is 0 Å². The van der Waals surface area contributed by atoms with Crippen LogP contribution < -0.4 is 5.32 Å². The van der Waals surface area contributed by atoms with Gasteiger partial charge in [-0.2, -0.15) is 0 Å². The number of ether oxygens (including phenoxy) is 1. The number of anilines is 1. The number of piperidine rings is 1. The van der Waals surface area contributed by atoms with Gasteiger partial charge < -0.3 is 15.0 Å². The van der Waals surface area contributed by atoms with Gasteiger partial charge in [0.05, 0.1) is 12.5 Å². The quantitative estimate of drug-likeness (QED) is 0.758. The van der Waals surface area contributed by atoms with Gasteiger partial charge in [-0.05, 0) is 50.5 Å². The fourth-order valence-corrected chi connectivity index (χ4v) is 3.05. The average Bonchev–Trinajstić information content (AvgIpc) is 2.66. The first-order valence-corrected chi connectivity index (χ1v) is 9.41. The molecule has 0 spiro atoms. The summed E-state index contributed by atoms with van der Waals surface area (Å²) in [6, 6.07) is 6.91. The minimum atomic E-state index is -0.246. The number of hydrogen-bond donors (Lipinski definition) is 1. The van der Waals surface area contributed by atoms with Crippen molar-refractivity contribution in [2.45, 2.75) is 46.0 Å². The van der Waals surface area contributed by atoms with Crippen molar-refractivity contribution >= 4 is 23.5 Å². The number of carbonyl (C=O) groups excluding carboxylic acids is 3. The fraction of sp³-hybridized carbons (Fsp3) is 0.550. The second-order valence-corrected chi connectivity index (χ2v) is 6.57. The van der Waals surface area contributed by atoms with Crippen LogP contribution in [0.3, 0.4) is 0 Å². The molecule has 1 N–H and O–H groups in total. The Morgan fingerprint density at radius 2 is 1.92 bits per heavy atom. The Morgan fingerprint density at radius 1 is 1.19 bits per heavy atom. The predicted molar refractivity (Wildman–Crippen MR) is 99.9 cm³/mol. The number of likely N-dealkylation sites (tertiary alicyclic amines) is 1. The zero-order valence-electron chi connectivity index (χ0n) is 15.6. The van der Waals surface area contributed by atoms with E-state index in [-0.39, 0.29) is 23.7 Å².